The molecule has 24 heavy (non-hydrogen) atoms. The number of aliphatic carboxylic acids is 1. The third-order valence-electron chi connectivity index (χ3n) is 3.56. The van der Waals surface area contributed by atoms with Crippen LogP contribution >= 0.6 is 0 Å². The van der Waals surface area contributed by atoms with Crippen LogP contribution in [0.25, 0.3) is 0 Å². The molecular formula is C18H26N2O4. The zero-order valence-electron chi connectivity index (χ0n) is 14.9. The predicted molar refractivity (Wildman–Crippen MR) is 92.8 cm³/mol. The fourth-order valence-corrected chi connectivity index (χ4v) is 2.02. The SMILES string of the molecule is CC(C)(C)CC(=O)NCC(=O)Nc1ccc(C(C)(C)C(=O)O)cc1. The second kappa shape index (κ2) is 7.47. The van der Waals surface area contributed by atoms with Crippen molar-refractivity contribution in [1.82, 2.24) is 5.32 Å². The maximum atomic E-state index is 11.9. The Kier molecular flexibility index (Phi) is 6.12. The summed E-state index contributed by atoms with van der Waals surface area (Å²) in [6, 6.07) is 6.63. The molecule has 1 rings (SSSR count). The molecule has 0 radical (unpaired) electrons. The number of amides is 2. The Hall–Kier alpha value is -2.37. The van der Waals surface area contributed by atoms with Gasteiger partial charge in [-0.2, -0.15) is 0 Å². The van der Waals surface area contributed by atoms with E-state index in [1.807, 2.05) is 20.8 Å². The van der Waals surface area contributed by atoms with Crippen LogP contribution in [-0.2, 0) is 19.8 Å². The Labute approximate surface area is 142 Å². The summed E-state index contributed by atoms with van der Waals surface area (Å²) in [4.78, 5) is 34.8. The molecule has 0 saturated carbocycles. The molecule has 0 unspecified atom stereocenters. The van der Waals surface area contributed by atoms with E-state index in [9.17, 15) is 19.5 Å². The molecule has 0 fully saturated rings. The van der Waals surface area contributed by atoms with E-state index in [2.05, 4.69) is 10.6 Å². The number of benzene rings is 1. The number of carboxylic acids is 1. The van der Waals surface area contributed by atoms with Gasteiger partial charge in [0.15, 0.2) is 0 Å². The van der Waals surface area contributed by atoms with Crippen molar-refractivity contribution in [2.75, 3.05) is 11.9 Å². The molecule has 2 amide bonds. The van der Waals surface area contributed by atoms with Crippen LogP contribution in [0, 0.1) is 5.41 Å². The number of nitrogens with one attached hydrogen (secondary N) is 2. The largest absolute Gasteiger partial charge is 0.481 e. The van der Waals surface area contributed by atoms with Crippen molar-refractivity contribution in [2.45, 2.75) is 46.5 Å². The summed E-state index contributed by atoms with van der Waals surface area (Å²) in [6.07, 6.45) is 0.346. The minimum atomic E-state index is -0.997. The molecule has 0 spiro atoms. The number of carboxylic acid groups (broad SMARTS) is 1. The van der Waals surface area contributed by atoms with Gasteiger partial charge in [-0.25, -0.2) is 0 Å². The van der Waals surface area contributed by atoms with Crippen molar-refractivity contribution in [2.24, 2.45) is 5.41 Å². The second-order valence-corrected chi connectivity index (χ2v) is 7.57. The highest BCUT2D eigenvalue weighted by molar-refractivity contribution is 5.94. The van der Waals surface area contributed by atoms with E-state index in [0.717, 1.165) is 0 Å². The van der Waals surface area contributed by atoms with Crippen LogP contribution in [0.1, 0.15) is 46.6 Å². The molecule has 0 saturated heterocycles. The van der Waals surface area contributed by atoms with Crippen molar-refractivity contribution >= 4 is 23.5 Å². The molecule has 0 aromatic heterocycles. The van der Waals surface area contributed by atoms with E-state index in [0.29, 0.717) is 17.7 Å². The fraction of sp³-hybridized carbons (Fsp3) is 0.500. The first-order chi connectivity index (χ1) is 10.9. The van der Waals surface area contributed by atoms with Crippen LogP contribution in [0.15, 0.2) is 24.3 Å². The number of hydrogen-bond donors (Lipinski definition) is 3. The molecule has 1 aromatic carbocycles. The molecule has 0 atom stereocenters. The molecule has 6 heteroatoms. The molecular weight excluding hydrogens is 308 g/mol. The topological polar surface area (TPSA) is 95.5 Å². The number of rotatable bonds is 6. The number of carbonyl (C=O) groups is 3. The Bertz CT molecular complexity index is 613. The highest BCUT2D eigenvalue weighted by atomic mass is 16.4. The van der Waals surface area contributed by atoms with Crippen LogP contribution in [-0.4, -0.2) is 29.4 Å². The van der Waals surface area contributed by atoms with Crippen molar-refractivity contribution in [3.05, 3.63) is 29.8 Å². The average Bonchev–Trinajstić information content (AvgIpc) is 2.44. The Morgan fingerprint density at radius 1 is 0.958 bits per heavy atom. The van der Waals surface area contributed by atoms with Crippen LogP contribution in [0.5, 0.6) is 0 Å². The molecule has 0 aliphatic rings. The van der Waals surface area contributed by atoms with Crippen LogP contribution in [0.4, 0.5) is 5.69 Å². The van der Waals surface area contributed by atoms with E-state index < -0.39 is 11.4 Å². The number of hydrogen-bond acceptors (Lipinski definition) is 3. The third kappa shape index (κ3) is 6.02. The summed E-state index contributed by atoms with van der Waals surface area (Å²) in [5, 5.41) is 14.4. The Balaban J connectivity index is 2.57. The van der Waals surface area contributed by atoms with E-state index >= 15 is 0 Å². The lowest BCUT2D eigenvalue weighted by Crippen LogP contribution is -2.34. The number of anilines is 1. The van der Waals surface area contributed by atoms with Crippen molar-refractivity contribution in [3.8, 4) is 0 Å². The second-order valence-electron chi connectivity index (χ2n) is 7.57. The van der Waals surface area contributed by atoms with Gasteiger partial charge in [0.2, 0.25) is 11.8 Å². The summed E-state index contributed by atoms with van der Waals surface area (Å²) in [5.74, 6) is -1.42. The van der Waals surface area contributed by atoms with Gasteiger partial charge >= 0.3 is 5.97 Å². The monoisotopic (exact) mass is 334 g/mol. The number of carbonyl (C=O) groups excluding carboxylic acids is 2. The van der Waals surface area contributed by atoms with Crippen LogP contribution in [0.3, 0.4) is 0 Å². The highest BCUT2D eigenvalue weighted by Crippen LogP contribution is 2.24. The molecule has 0 aliphatic heterocycles. The van der Waals surface area contributed by atoms with Crippen molar-refractivity contribution in [3.63, 3.8) is 0 Å². The van der Waals surface area contributed by atoms with Crippen molar-refractivity contribution < 1.29 is 19.5 Å². The quantitative estimate of drug-likeness (QED) is 0.745. The molecule has 0 heterocycles. The standard InChI is InChI=1S/C18H26N2O4/c1-17(2,3)10-14(21)19-11-15(22)20-13-8-6-12(7-9-13)18(4,5)16(23)24/h6-9H,10-11H2,1-5H3,(H,19,21)(H,20,22)(H,23,24). The zero-order chi connectivity index (χ0) is 18.5. The first-order valence-corrected chi connectivity index (χ1v) is 7.82. The van der Waals surface area contributed by atoms with Gasteiger partial charge in [0.05, 0.1) is 12.0 Å². The summed E-state index contributed by atoms with van der Waals surface area (Å²) in [5.41, 5.74) is 0.0677. The zero-order valence-corrected chi connectivity index (χ0v) is 14.9. The molecule has 6 nitrogen and oxygen atoms in total. The maximum absolute atomic E-state index is 11.9. The normalized spacial score (nSPS) is 11.7. The molecule has 3 N–H and O–H groups in total. The van der Waals surface area contributed by atoms with Gasteiger partial charge in [0, 0.05) is 12.1 Å². The first-order valence-electron chi connectivity index (χ1n) is 7.82. The van der Waals surface area contributed by atoms with E-state index in [1.54, 1.807) is 38.1 Å². The van der Waals surface area contributed by atoms with Gasteiger partial charge in [-0.05, 0) is 37.0 Å². The maximum Gasteiger partial charge on any atom is 0.313 e. The smallest absolute Gasteiger partial charge is 0.313 e. The molecule has 0 aliphatic carbocycles. The fourth-order valence-electron chi connectivity index (χ4n) is 2.02. The first kappa shape index (κ1) is 19.7. The van der Waals surface area contributed by atoms with Gasteiger partial charge < -0.3 is 15.7 Å². The summed E-state index contributed by atoms with van der Waals surface area (Å²) < 4.78 is 0. The molecule has 132 valence electrons. The summed E-state index contributed by atoms with van der Waals surface area (Å²) in [6.45, 7) is 8.99. The Morgan fingerprint density at radius 2 is 1.50 bits per heavy atom. The van der Waals surface area contributed by atoms with E-state index in [4.69, 9.17) is 0 Å². The lowest BCUT2D eigenvalue weighted by molar-refractivity contribution is -0.142. The van der Waals surface area contributed by atoms with Gasteiger partial charge in [-0.15, -0.1) is 0 Å². The average molecular weight is 334 g/mol. The molecule has 1 aromatic rings. The van der Waals surface area contributed by atoms with Gasteiger partial charge in [0.1, 0.15) is 0 Å². The third-order valence-corrected chi connectivity index (χ3v) is 3.56. The highest BCUT2D eigenvalue weighted by Gasteiger charge is 2.29. The minimum absolute atomic E-state index is 0.0999. The van der Waals surface area contributed by atoms with E-state index in [-0.39, 0.29) is 23.8 Å². The van der Waals surface area contributed by atoms with Gasteiger partial charge in [0.25, 0.3) is 0 Å². The van der Waals surface area contributed by atoms with E-state index in [1.165, 1.54) is 0 Å². The lowest BCUT2D eigenvalue weighted by atomic mass is 9.85. The minimum Gasteiger partial charge on any atom is -0.481 e. The summed E-state index contributed by atoms with van der Waals surface area (Å²) >= 11 is 0. The molecule has 0 bridgehead atoms. The van der Waals surface area contributed by atoms with Gasteiger partial charge in [-0.1, -0.05) is 32.9 Å². The van der Waals surface area contributed by atoms with Gasteiger partial charge in [-0.3, -0.25) is 14.4 Å². The van der Waals surface area contributed by atoms with Crippen molar-refractivity contribution in [1.29, 1.82) is 0 Å². The lowest BCUT2D eigenvalue weighted by Gasteiger charge is -2.20. The van der Waals surface area contributed by atoms with Crippen LogP contribution in [0.2, 0.25) is 0 Å². The van der Waals surface area contributed by atoms with Crippen LogP contribution < -0.4 is 10.6 Å². The predicted octanol–water partition coefficient (Wildman–Crippen LogP) is 2.54. The summed E-state index contributed by atoms with van der Waals surface area (Å²) in [7, 11) is 0. The Morgan fingerprint density at radius 3 is 1.96 bits per heavy atom.